The van der Waals surface area contributed by atoms with E-state index in [1.807, 2.05) is 0 Å². The van der Waals surface area contributed by atoms with Gasteiger partial charge in [0.1, 0.15) is 0 Å². The highest BCUT2D eigenvalue weighted by Gasteiger charge is 2.35. The zero-order valence-corrected chi connectivity index (χ0v) is 11.2. The molecule has 0 radical (unpaired) electrons. The number of halogens is 3. The molecule has 8 heteroatoms. The number of carbonyl (C=O) groups excluding carboxylic acids is 1. The van der Waals surface area contributed by atoms with Gasteiger partial charge in [-0.2, -0.15) is 13.2 Å². The Labute approximate surface area is 118 Å². The van der Waals surface area contributed by atoms with Crippen molar-refractivity contribution >= 4 is 17.6 Å². The smallest absolute Gasteiger partial charge is 0.417 e. The van der Waals surface area contributed by atoms with E-state index in [9.17, 15) is 22.8 Å². The molecular weight excluding hydrogens is 289 g/mol. The average molecular weight is 304 g/mol. The largest absolute Gasteiger partial charge is 0.481 e. The topological polar surface area (TPSA) is 92.4 Å². The van der Waals surface area contributed by atoms with Crippen LogP contribution in [0, 0.1) is 5.92 Å². The molecule has 0 spiro atoms. The van der Waals surface area contributed by atoms with E-state index in [0.29, 0.717) is 6.42 Å². The molecule has 0 fully saturated rings. The van der Waals surface area contributed by atoms with E-state index in [-0.39, 0.29) is 12.2 Å². The SMILES string of the molecule is CCC(CNc1ccc(C(N)=O)c(C(F)(F)F)c1)C(=O)O. The number of amides is 1. The molecule has 0 aliphatic heterocycles. The molecule has 21 heavy (non-hydrogen) atoms. The molecule has 1 unspecified atom stereocenters. The van der Waals surface area contributed by atoms with E-state index in [2.05, 4.69) is 5.32 Å². The summed E-state index contributed by atoms with van der Waals surface area (Å²) >= 11 is 0. The molecule has 5 nitrogen and oxygen atoms in total. The molecule has 1 atom stereocenters. The van der Waals surface area contributed by atoms with Crippen molar-refractivity contribution in [2.24, 2.45) is 11.7 Å². The lowest BCUT2D eigenvalue weighted by Crippen LogP contribution is -2.23. The van der Waals surface area contributed by atoms with Crippen molar-refractivity contribution in [3.05, 3.63) is 29.3 Å². The summed E-state index contributed by atoms with van der Waals surface area (Å²) in [6, 6.07) is 2.97. The minimum atomic E-state index is -4.72. The number of hydrogen-bond donors (Lipinski definition) is 3. The van der Waals surface area contributed by atoms with Crippen molar-refractivity contribution in [1.82, 2.24) is 0 Å². The third-order valence-corrected chi connectivity index (χ3v) is 2.99. The fourth-order valence-electron chi connectivity index (χ4n) is 1.75. The monoisotopic (exact) mass is 304 g/mol. The summed E-state index contributed by atoms with van der Waals surface area (Å²) in [5.74, 6) is -2.92. The number of aliphatic carboxylic acids is 1. The number of nitrogens with one attached hydrogen (secondary N) is 1. The van der Waals surface area contributed by atoms with E-state index >= 15 is 0 Å². The zero-order valence-electron chi connectivity index (χ0n) is 11.2. The predicted molar refractivity (Wildman–Crippen MR) is 69.9 cm³/mol. The van der Waals surface area contributed by atoms with E-state index in [4.69, 9.17) is 10.8 Å². The lowest BCUT2D eigenvalue weighted by molar-refractivity contribution is -0.141. The molecule has 1 aromatic carbocycles. The Balaban J connectivity index is 3.01. The van der Waals surface area contributed by atoms with Crippen LogP contribution in [0.3, 0.4) is 0 Å². The highest BCUT2D eigenvalue weighted by molar-refractivity contribution is 5.95. The second kappa shape index (κ2) is 6.47. The first kappa shape index (κ1) is 16.8. The lowest BCUT2D eigenvalue weighted by Gasteiger charge is -2.15. The molecule has 116 valence electrons. The van der Waals surface area contributed by atoms with Gasteiger partial charge in [-0.3, -0.25) is 9.59 Å². The van der Waals surface area contributed by atoms with Crippen molar-refractivity contribution in [3.63, 3.8) is 0 Å². The number of primary amides is 1. The molecule has 1 aromatic rings. The Morgan fingerprint density at radius 2 is 2.00 bits per heavy atom. The summed E-state index contributed by atoms with van der Waals surface area (Å²) < 4.78 is 38.6. The number of rotatable bonds is 6. The van der Waals surface area contributed by atoms with Crippen LogP contribution in [-0.4, -0.2) is 23.5 Å². The maximum atomic E-state index is 12.9. The van der Waals surface area contributed by atoms with Crippen LogP contribution in [0.1, 0.15) is 29.3 Å². The predicted octanol–water partition coefficient (Wildman–Crippen LogP) is 2.33. The van der Waals surface area contributed by atoms with Crippen LogP contribution in [0.15, 0.2) is 18.2 Å². The van der Waals surface area contributed by atoms with Gasteiger partial charge in [0.25, 0.3) is 0 Å². The van der Waals surface area contributed by atoms with Crippen LogP contribution >= 0.6 is 0 Å². The van der Waals surface area contributed by atoms with Crippen LogP contribution in [0.2, 0.25) is 0 Å². The molecule has 0 bridgehead atoms. The zero-order chi connectivity index (χ0) is 16.2. The van der Waals surface area contributed by atoms with Gasteiger partial charge in [0.05, 0.1) is 17.0 Å². The molecular formula is C13H15F3N2O3. The maximum absolute atomic E-state index is 12.9. The first-order chi connectivity index (χ1) is 9.66. The van der Waals surface area contributed by atoms with Crippen LogP contribution < -0.4 is 11.1 Å². The first-order valence-electron chi connectivity index (χ1n) is 6.14. The summed E-state index contributed by atoms with van der Waals surface area (Å²) in [6.07, 6.45) is -4.38. The third-order valence-electron chi connectivity index (χ3n) is 2.99. The molecule has 0 aliphatic carbocycles. The number of anilines is 1. The quantitative estimate of drug-likeness (QED) is 0.752. The maximum Gasteiger partial charge on any atom is 0.417 e. The van der Waals surface area contributed by atoms with Gasteiger partial charge in [0, 0.05) is 12.2 Å². The Morgan fingerprint density at radius 3 is 2.43 bits per heavy atom. The number of nitrogens with two attached hydrogens (primary N) is 1. The van der Waals surface area contributed by atoms with Gasteiger partial charge in [-0.1, -0.05) is 6.92 Å². The summed E-state index contributed by atoms with van der Waals surface area (Å²) in [5.41, 5.74) is 3.21. The number of hydrogen-bond acceptors (Lipinski definition) is 3. The molecule has 1 amide bonds. The Hall–Kier alpha value is -2.25. The summed E-state index contributed by atoms with van der Waals surface area (Å²) in [4.78, 5) is 21.8. The van der Waals surface area contributed by atoms with Crippen molar-refractivity contribution in [1.29, 1.82) is 0 Å². The van der Waals surface area contributed by atoms with Crippen LogP contribution in [0.5, 0.6) is 0 Å². The Bertz CT molecular complexity index is 544. The molecule has 1 rings (SSSR count). The first-order valence-corrected chi connectivity index (χ1v) is 6.14. The van der Waals surface area contributed by atoms with Crippen LogP contribution in [0.4, 0.5) is 18.9 Å². The molecule has 0 aliphatic rings. The number of benzene rings is 1. The number of carbonyl (C=O) groups is 2. The summed E-state index contributed by atoms with van der Waals surface area (Å²) in [7, 11) is 0. The van der Waals surface area contributed by atoms with Gasteiger partial charge in [-0.05, 0) is 24.6 Å². The summed E-state index contributed by atoms with van der Waals surface area (Å²) in [5, 5.41) is 11.5. The molecule has 4 N–H and O–H groups in total. The summed E-state index contributed by atoms with van der Waals surface area (Å²) in [6.45, 7) is 1.65. The van der Waals surface area contributed by atoms with Gasteiger partial charge in [0.15, 0.2) is 0 Å². The third kappa shape index (κ3) is 4.37. The highest BCUT2D eigenvalue weighted by Crippen LogP contribution is 2.33. The second-order valence-electron chi connectivity index (χ2n) is 4.45. The Kier molecular flexibility index (Phi) is 5.17. The lowest BCUT2D eigenvalue weighted by atomic mass is 10.0. The molecule has 0 heterocycles. The van der Waals surface area contributed by atoms with E-state index in [1.54, 1.807) is 6.92 Å². The fraction of sp³-hybridized carbons (Fsp3) is 0.385. The van der Waals surface area contributed by atoms with Crippen LogP contribution in [0.25, 0.3) is 0 Å². The molecule has 0 aromatic heterocycles. The van der Waals surface area contributed by atoms with Gasteiger partial charge in [-0.15, -0.1) is 0 Å². The van der Waals surface area contributed by atoms with E-state index in [0.717, 1.165) is 12.1 Å². The van der Waals surface area contributed by atoms with Gasteiger partial charge < -0.3 is 16.2 Å². The van der Waals surface area contributed by atoms with Crippen LogP contribution in [-0.2, 0) is 11.0 Å². The number of alkyl halides is 3. The molecule has 0 saturated carbocycles. The van der Waals surface area contributed by atoms with E-state index < -0.39 is 35.1 Å². The second-order valence-corrected chi connectivity index (χ2v) is 4.45. The van der Waals surface area contributed by atoms with Crippen molar-refractivity contribution in [2.45, 2.75) is 19.5 Å². The highest BCUT2D eigenvalue weighted by atomic mass is 19.4. The standard InChI is InChI=1S/C13H15F3N2O3/c1-2-7(12(20)21)6-18-8-3-4-9(11(17)19)10(5-8)13(14,15)16/h3-5,7,18H,2,6H2,1H3,(H2,17,19)(H,20,21). The fourth-order valence-corrected chi connectivity index (χ4v) is 1.75. The van der Waals surface area contributed by atoms with Gasteiger partial charge >= 0.3 is 12.1 Å². The minimum absolute atomic E-state index is 0.0148. The van der Waals surface area contributed by atoms with Gasteiger partial charge in [-0.25, -0.2) is 0 Å². The van der Waals surface area contributed by atoms with Gasteiger partial charge in [0.2, 0.25) is 5.91 Å². The normalized spacial score (nSPS) is 12.8. The minimum Gasteiger partial charge on any atom is -0.481 e. The van der Waals surface area contributed by atoms with Crippen molar-refractivity contribution in [2.75, 3.05) is 11.9 Å². The van der Waals surface area contributed by atoms with Crippen molar-refractivity contribution in [3.8, 4) is 0 Å². The Morgan fingerprint density at radius 1 is 1.38 bits per heavy atom. The number of carboxylic acids is 1. The van der Waals surface area contributed by atoms with E-state index in [1.165, 1.54) is 6.07 Å². The number of carboxylic acid groups (broad SMARTS) is 1. The van der Waals surface area contributed by atoms with Crippen molar-refractivity contribution < 1.29 is 27.9 Å². The average Bonchev–Trinajstić information content (AvgIpc) is 2.37. The molecule has 0 saturated heterocycles.